The van der Waals surface area contributed by atoms with Crippen LogP contribution in [0.3, 0.4) is 0 Å². The molecule has 0 fully saturated rings. The molecule has 0 heterocycles. The van der Waals surface area contributed by atoms with Gasteiger partial charge in [0, 0.05) is 58.1 Å². The number of benzene rings is 1. The smallest absolute Gasteiger partial charge is 0.191 e. The van der Waals surface area contributed by atoms with Gasteiger partial charge in [-0.1, -0.05) is 12.1 Å². The molecule has 6 nitrogen and oxygen atoms in total. The first-order valence-corrected chi connectivity index (χ1v) is 10.00. The van der Waals surface area contributed by atoms with Crippen molar-refractivity contribution in [1.82, 2.24) is 15.5 Å². The fourth-order valence-corrected chi connectivity index (χ4v) is 3.03. The average Bonchev–Trinajstić information content (AvgIpc) is 2.64. The molecule has 0 bridgehead atoms. The molecule has 0 spiro atoms. The van der Waals surface area contributed by atoms with Gasteiger partial charge in [-0.15, -0.1) is 24.0 Å². The zero-order chi connectivity index (χ0) is 20.1. The maximum absolute atomic E-state index is 5.05. The van der Waals surface area contributed by atoms with E-state index in [1.807, 2.05) is 7.05 Å². The molecule has 0 saturated carbocycles. The van der Waals surface area contributed by atoms with Crippen LogP contribution in [0.1, 0.15) is 39.7 Å². The topological polar surface area (TPSA) is 60.9 Å². The van der Waals surface area contributed by atoms with Crippen LogP contribution in [0.15, 0.2) is 29.3 Å². The Hall–Kier alpha value is -1.06. The lowest BCUT2D eigenvalue weighted by atomic mass is 10.2. The summed E-state index contributed by atoms with van der Waals surface area (Å²) in [6, 6.07) is 9.59. The molecule has 0 aromatic heterocycles. The zero-order valence-corrected chi connectivity index (χ0v) is 20.7. The van der Waals surface area contributed by atoms with Gasteiger partial charge in [0.1, 0.15) is 0 Å². The second-order valence-corrected chi connectivity index (χ2v) is 7.25. The maximum Gasteiger partial charge on any atom is 0.191 e. The molecule has 162 valence electrons. The first kappa shape index (κ1) is 26.9. The van der Waals surface area contributed by atoms with Crippen molar-refractivity contribution in [3.63, 3.8) is 0 Å². The van der Waals surface area contributed by atoms with Crippen molar-refractivity contribution in [1.29, 1.82) is 0 Å². The standard InChI is InChI=1S/C21H39N5O.HI/c1-17(2)26(18(3)4)14-7-12-24-21(22-5)25-16-19-8-10-20(11-9-19)23-13-15-27-6;/h8-11,17-18,23H,7,12-16H2,1-6H3,(H2,22,24,25);1H. The van der Waals surface area contributed by atoms with E-state index in [1.54, 1.807) is 7.11 Å². The van der Waals surface area contributed by atoms with E-state index >= 15 is 0 Å². The molecular formula is C21H40IN5O. The van der Waals surface area contributed by atoms with Gasteiger partial charge in [-0.05, 0) is 51.8 Å². The summed E-state index contributed by atoms with van der Waals surface area (Å²) >= 11 is 0. The Labute approximate surface area is 188 Å². The number of nitrogens with one attached hydrogen (secondary N) is 3. The molecule has 0 unspecified atom stereocenters. The SMILES string of the molecule is CN=C(NCCCN(C(C)C)C(C)C)NCc1ccc(NCCOC)cc1.I. The van der Waals surface area contributed by atoms with Crippen molar-refractivity contribution in [2.75, 3.05) is 45.7 Å². The molecule has 3 N–H and O–H groups in total. The Morgan fingerprint density at radius 2 is 1.68 bits per heavy atom. The van der Waals surface area contributed by atoms with E-state index < -0.39 is 0 Å². The van der Waals surface area contributed by atoms with Gasteiger partial charge in [-0.3, -0.25) is 9.89 Å². The second kappa shape index (κ2) is 15.8. The van der Waals surface area contributed by atoms with E-state index in [9.17, 15) is 0 Å². The van der Waals surface area contributed by atoms with Gasteiger partial charge in [0.2, 0.25) is 0 Å². The summed E-state index contributed by atoms with van der Waals surface area (Å²) in [6.45, 7) is 13.3. The van der Waals surface area contributed by atoms with Crippen LogP contribution in [0.5, 0.6) is 0 Å². The lowest BCUT2D eigenvalue weighted by Gasteiger charge is -2.30. The molecule has 1 aromatic carbocycles. The number of methoxy groups -OCH3 is 1. The number of halogens is 1. The Kier molecular flexibility index (Phi) is 15.2. The summed E-state index contributed by atoms with van der Waals surface area (Å²) in [4.78, 5) is 6.83. The van der Waals surface area contributed by atoms with Crippen LogP contribution in [0.4, 0.5) is 5.69 Å². The van der Waals surface area contributed by atoms with Crippen LogP contribution in [0.25, 0.3) is 0 Å². The maximum atomic E-state index is 5.05. The fraction of sp³-hybridized carbons (Fsp3) is 0.667. The van der Waals surface area contributed by atoms with E-state index in [0.717, 1.165) is 44.2 Å². The summed E-state index contributed by atoms with van der Waals surface area (Å²) in [7, 11) is 3.52. The predicted octanol–water partition coefficient (Wildman–Crippen LogP) is 3.54. The number of hydrogen-bond donors (Lipinski definition) is 3. The molecule has 0 radical (unpaired) electrons. The quantitative estimate of drug-likeness (QED) is 0.176. The van der Waals surface area contributed by atoms with E-state index in [0.29, 0.717) is 18.7 Å². The Morgan fingerprint density at radius 1 is 1.04 bits per heavy atom. The zero-order valence-electron chi connectivity index (χ0n) is 18.4. The number of guanidine groups is 1. The van der Waals surface area contributed by atoms with E-state index in [4.69, 9.17) is 4.74 Å². The lowest BCUT2D eigenvalue weighted by Crippen LogP contribution is -2.41. The van der Waals surface area contributed by atoms with Crippen LogP contribution in [-0.2, 0) is 11.3 Å². The largest absolute Gasteiger partial charge is 0.383 e. The summed E-state index contributed by atoms with van der Waals surface area (Å²) in [5.74, 6) is 0.845. The monoisotopic (exact) mass is 505 g/mol. The molecule has 0 atom stereocenters. The molecule has 0 amide bonds. The van der Waals surface area contributed by atoms with Crippen molar-refractivity contribution in [3.05, 3.63) is 29.8 Å². The Balaban J connectivity index is 0.00000729. The van der Waals surface area contributed by atoms with Crippen molar-refractivity contribution < 1.29 is 4.74 Å². The molecule has 0 aliphatic heterocycles. The Morgan fingerprint density at radius 3 is 2.21 bits per heavy atom. The highest BCUT2D eigenvalue weighted by atomic mass is 127. The Bertz CT molecular complexity index is 526. The van der Waals surface area contributed by atoms with Gasteiger partial charge >= 0.3 is 0 Å². The third-order valence-electron chi connectivity index (χ3n) is 4.48. The molecule has 7 heteroatoms. The van der Waals surface area contributed by atoms with Crippen LogP contribution < -0.4 is 16.0 Å². The molecule has 1 aromatic rings. The van der Waals surface area contributed by atoms with Crippen molar-refractivity contribution in [2.24, 2.45) is 4.99 Å². The van der Waals surface area contributed by atoms with Crippen molar-refractivity contribution >= 4 is 35.6 Å². The summed E-state index contributed by atoms with van der Waals surface area (Å²) in [5.41, 5.74) is 2.33. The summed E-state index contributed by atoms with van der Waals surface area (Å²) in [5, 5.41) is 10.1. The van der Waals surface area contributed by atoms with E-state index in [1.165, 1.54) is 5.56 Å². The number of anilines is 1. The highest BCUT2D eigenvalue weighted by Gasteiger charge is 2.12. The minimum Gasteiger partial charge on any atom is -0.383 e. The highest BCUT2D eigenvalue weighted by Crippen LogP contribution is 2.09. The molecular weight excluding hydrogens is 465 g/mol. The third-order valence-corrected chi connectivity index (χ3v) is 4.48. The fourth-order valence-electron chi connectivity index (χ4n) is 3.03. The number of ether oxygens (including phenoxy) is 1. The minimum atomic E-state index is 0. The molecule has 28 heavy (non-hydrogen) atoms. The van der Waals surface area contributed by atoms with Crippen LogP contribution in [0.2, 0.25) is 0 Å². The highest BCUT2D eigenvalue weighted by molar-refractivity contribution is 14.0. The normalized spacial score (nSPS) is 11.7. The number of aliphatic imine (C=N–C) groups is 1. The number of nitrogens with zero attached hydrogens (tertiary/aromatic N) is 2. The molecule has 0 saturated heterocycles. The van der Waals surface area contributed by atoms with Crippen molar-refractivity contribution in [3.8, 4) is 0 Å². The number of hydrogen-bond acceptors (Lipinski definition) is 4. The van der Waals surface area contributed by atoms with E-state index in [2.05, 4.69) is 77.8 Å². The summed E-state index contributed by atoms with van der Waals surface area (Å²) in [6.07, 6.45) is 1.10. The number of rotatable bonds is 12. The van der Waals surface area contributed by atoms with Crippen LogP contribution in [0, 0.1) is 0 Å². The van der Waals surface area contributed by atoms with Gasteiger partial charge in [0.25, 0.3) is 0 Å². The van der Waals surface area contributed by atoms with Crippen LogP contribution in [-0.4, -0.2) is 63.3 Å². The van der Waals surface area contributed by atoms with Crippen LogP contribution >= 0.6 is 24.0 Å². The molecule has 0 aliphatic rings. The van der Waals surface area contributed by atoms with Gasteiger partial charge in [0.05, 0.1) is 6.61 Å². The second-order valence-electron chi connectivity index (χ2n) is 7.25. The van der Waals surface area contributed by atoms with Gasteiger partial charge < -0.3 is 20.7 Å². The molecule has 0 aliphatic carbocycles. The predicted molar refractivity (Wildman–Crippen MR) is 132 cm³/mol. The minimum absolute atomic E-state index is 0. The first-order valence-electron chi connectivity index (χ1n) is 10.00. The molecule has 1 rings (SSSR count). The lowest BCUT2D eigenvalue weighted by molar-refractivity contribution is 0.173. The van der Waals surface area contributed by atoms with E-state index in [-0.39, 0.29) is 24.0 Å². The summed E-state index contributed by atoms with van der Waals surface area (Å²) < 4.78 is 5.05. The van der Waals surface area contributed by atoms with Gasteiger partial charge in [-0.25, -0.2) is 0 Å². The first-order chi connectivity index (χ1) is 13.0. The average molecular weight is 505 g/mol. The van der Waals surface area contributed by atoms with Gasteiger partial charge in [0.15, 0.2) is 5.96 Å². The van der Waals surface area contributed by atoms with Crippen molar-refractivity contribution in [2.45, 2.75) is 52.7 Å². The third kappa shape index (κ3) is 11.1. The van der Waals surface area contributed by atoms with Gasteiger partial charge in [-0.2, -0.15) is 0 Å².